The molecule has 2 aromatic rings. The number of hydrogen-bond acceptors (Lipinski definition) is 3. The highest BCUT2D eigenvalue weighted by Crippen LogP contribution is 2.16. The van der Waals surface area contributed by atoms with Crippen LogP contribution in [0, 0.1) is 3.57 Å². The molecule has 0 aliphatic rings. The Balaban J connectivity index is 1.87. The minimum Gasteiger partial charge on any atom is -0.481 e. The van der Waals surface area contributed by atoms with Crippen molar-refractivity contribution in [2.24, 2.45) is 5.10 Å². The van der Waals surface area contributed by atoms with Crippen LogP contribution in [0.3, 0.4) is 0 Å². The van der Waals surface area contributed by atoms with Gasteiger partial charge in [-0.3, -0.25) is 4.79 Å². The lowest BCUT2D eigenvalue weighted by atomic mass is 10.2. The lowest BCUT2D eigenvalue weighted by molar-refractivity contribution is -0.127. The van der Waals surface area contributed by atoms with Gasteiger partial charge in [-0.15, -0.1) is 0 Å². The summed E-state index contributed by atoms with van der Waals surface area (Å²) in [6.07, 6.45) is 0.934. The van der Waals surface area contributed by atoms with Crippen molar-refractivity contribution in [1.82, 2.24) is 5.43 Å². The predicted molar refractivity (Wildman–Crippen MR) is 96.4 cm³/mol. The molecule has 1 N–H and O–H groups in total. The van der Waals surface area contributed by atoms with Crippen molar-refractivity contribution in [3.63, 3.8) is 0 Å². The molecule has 0 spiro atoms. The van der Waals surface area contributed by atoms with Crippen LogP contribution in [0.2, 0.25) is 5.02 Å². The summed E-state index contributed by atoms with van der Waals surface area (Å²) in [6.45, 7) is 1.66. The first kappa shape index (κ1) is 16.8. The molecule has 0 saturated heterocycles. The Morgan fingerprint density at radius 3 is 2.73 bits per heavy atom. The van der Waals surface area contributed by atoms with E-state index in [0.717, 1.165) is 9.13 Å². The van der Waals surface area contributed by atoms with E-state index < -0.39 is 6.10 Å². The van der Waals surface area contributed by atoms with Gasteiger partial charge in [0.25, 0.3) is 5.91 Å². The molecule has 0 aliphatic carbocycles. The average molecular weight is 429 g/mol. The summed E-state index contributed by atoms with van der Waals surface area (Å²) in [7, 11) is 0. The summed E-state index contributed by atoms with van der Waals surface area (Å²) in [5.41, 5.74) is 3.37. The Morgan fingerprint density at radius 1 is 1.32 bits per heavy atom. The highest BCUT2D eigenvalue weighted by Gasteiger charge is 2.13. The number of amides is 1. The molecular formula is C16H14ClIN2O2. The zero-order chi connectivity index (χ0) is 15.9. The number of carbonyl (C=O) groups excluding carboxylic acids is 1. The first-order chi connectivity index (χ1) is 10.5. The lowest BCUT2D eigenvalue weighted by Crippen LogP contribution is -2.33. The van der Waals surface area contributed by atoms with Gasteiger partial charge in [0.15, 0.2) is 6.10 Å². The van der Waals surface area contributed by atoms with Crippen molar-refractivity contribution in [2.75, 3.05) is 0 Å². The van der Waals surface area contributed by atoms with Crippen molar-refractivity contribution in [1.29, 1.82) is 0 Å². The summed E-state index contributed by atoms with van der Waals surface area (Å²) in [5.74, 6) is 0.255. The molecule has 1 atom stereocenters. The molecule has 0 aromatic heterocycles. The van der Waals surface area contributed by atoms with E-state index in [4.69, 9.17) is 16.3 Å². The summed E-state index contributed by atoms with van der Waals surface area (Å²) < 4.78 is 6.61. The maximum atomic E-state index is 11.9. The standard InChI is InChI=1S/C16H14ClIN2O2/c1-11(22-15-7-5-13(17)6-8-15)16(21)20-19-10-12-3-2-4-14(18)9-12/h2-11H,1H3,(H,20,21). The van der Waals surface area contributed by atoms with Gasteiger partial charge in [-0.25, -0.2) is 5.43 Å². The molecule has 4 nitrogen and oxygen atoms in total. The molecular weight excluding hydrogens is 415 g/mol. The van der Waals surface area contributed by atoms with Gasteiger partial charge in [-0.2, -0.15) is 5.10 Å². The van der Waals surface area contributed by atoms with Crippen LogP contribution >= 0.6 is 34.2 Å². The maximum Gasteiger partial charge on any atom is 0.280 e. The number of nitrogens with one attached hydrogen (secondary N) is 1. The van der Waals surface area contributed by atoms with E-state index in [2.05, 4.69) is 33.1 Å². The number of hydrazone groups is 1. The largest absolute Gasteiger partial charge is 0.481 e. The molecule has 0 saturated carbocycles. The van der Waals surface area contributed by atoms with Gasteiger partial charge in [-0.1, -0.05) is 23.7 Å². The first-order valence-electron chi connectivity index (χ1n) is 6.55. The Bertz CT molecular complexity index is 674. The third kappa shape index (κ3) is 5.31. The van der Waals surface area contributed by atoms with Crippen LogP contribution in [0.4, 0.5) is 0 Å². The third-order valence-electron chi connectivity index (χ3n) is 2.73. The second-order valence-corrected chi connectivity index (χ2v) is 6.19. The van der Waals surface area contributed by atoms with Gasteiger partial charge in [0, 0.05) is 8.59 Å². The molecule has 6 heteroatoms. The molecule has 0 aliphatic heterocycles. The molecule has 2 aromatic carbocycles. The SMILES string of the molecule is CC(Oc1ccc(Cl)cc1)C(=O)NN=Cc1cccc(I)c1. The number of benzene rings is 2. The quantitative estimate of drug-likeness (QED) is 0.447. The minimum atomic E-state index is -0.658. The normalized spacial score (nSPS) is 12.1. The van der Waals surface area contributed by atoms with Crippen LogP contribution in [-0.2, 0) is 4.79 Å². The molecule has 1 unspecified atom stereocenters. The molecule has 0 bridgehead atoms. The number of carbonyl (C=O) groups is 1. The second-order valence-electron chi connectivity index (χ2n) is 4.50. The molecule has 2 rings (SSSR count). The first-order valence-corrected chi connectivity index (χ1v) is 8.01. The van der Waals surface area contributed by atoms with E-state index in [-0.39, 0.29) is 5.91 Å². The van der Waals surface area contributed by atoms with Gasteiger partial charge in [0.1, 0.15) is 5.75 Å². The molecule has 22 heavy (non-hydrogen) atoms. The molecule has 0 fully saturated rings. The highest BCUT2D eigenvalue weighted by atomic mass is 127. The fourth-order valence-corrected chi connectivity index (χ4v) is 2.31. The van der Waals surface area contributed by atoms with Crippen molar-refractivity contribution < 1.29 is 9.53 Å². The van der Waals surface area contributed by atoms with E-state index in [1.165, 1.54) is 0 Å². The summed E-state index contributed by atoms with van der Waals surface area (Å²) >= 11 is 8.01. The van der Waals surface area contributed by atoms with E-state index in [1.807, 2.05) is 24.3 Å². The molecule has 0 radical (unpaired) electrons. The zero-order valence-corrected chi connectivity index (χ0v) is 14.7. The molecule has 114 valence electrons. The predicted octanol–water partition coefficient (Wildman–Crippen LogP) is 3.86. The Hall–Kier alpha value is -1.60. The molecule has 1 amide bonds. The average Bonchev–Trinajstić information content (AvgIpc) is 2.49. The topological polar surface area (TPSA) is 50.7 Å². The zero-order valence-electron chi connectivity index (χ0n) is 11.8. The number of rotatable bonds is 5. The fourth-order valence-electron chi connectivity index (χ4n) is 1.62. The van der Waals surface area contributed by atoms with Crippen molar-refractivity contribution >= 4 is 46.3 Å². The van der Waals surface area contributed by atoms with Gasteiger partial charge >= 0.3 is 0 Å². The van der Waals surface area contributed by atoms with Gasteiger partial charge in [0.05, 0.1) is 6.21 Å². The van der Waals surface area contributed by atoms with Crippen LogP contribution in [0.15, 0.2) is 53.6 Å². The van der Waals surface area contributed by atoms with E-state index >= 15 is 0 Å². The highest BCUT2D eigenvalue weighted by molar-refractivity contribution is 14.1. The third-order valence-corrected chi connectivity index (χ3v) is 3.66. The van der Waals surface area contributed by atoms with E-state index in [1.54, 1.807) is 37.4 Å². The monoisotopic (exact) mass is 428 g/mol. The maximum absolute atomic E-state index is 11.9. The van der Waals surface area contributed by atoms with Gasteiger partial charge < -0.3 is 4.74 Å². The van der Waals surface area contributed by atoms with Crippen LogP contribution in [-0.4, -0.2) is 18.2 Å². The minimum absolute atomic E-state index is 0.322. The van der Waals surface area contributed by atoms with E-state index in [9.17, 15) is 4.79 Å². The van der Waals surface area contributed by atoms with Crippen molar-refractivity contribution in [3.8, 4) is 5.75 Å². The lowest BCUT2D eigenvalue weighted by Gasteiger charge is -2.12. The van der Waals surface area contributed by atoms with Crippen LogP contribution in [0.5, 0.6) is 5.75 Å². The van der Waals surface area contributed by atoms with Gasteiger partial charge in [0.2, 0.25) is 0 Å². The van der Waals surface area contributed by atoms with Crippen molar-refractivity contribution in [2.45, 2.75) is 13.0 Å². The van der Waals surface area contributed by atoms with Crippen molar-refractivity contribution in [3.05, 3.63) is 62.7 Å². The summed E-state index contributed by atoms with van der Waals surface area (Å²) in [4.78, 5) is 11.9. The smallest absolute Gasteiger partial charge is 0.280 e. The molecule has 0 heterocycles. The summed E-state index contributed by atoms with van der Waals surface area (Å²) in [5, 5.41) is 4.55. The second kappa shape index (κ2) is 8.14. The number of ether oxygens (including phenoxy) is 1. The number of nitrogens with zero attached hydrogens (tertiary/aromatic N) is 1. The Kier molecular flexibility index (Phi) is 6.21. The van der Waals surface area contributed by atoms with Crippen LogP contribution in [0.1, 0.15) is 12.5 Å². The van der Waals surface area contributed by atoms with Gasteiger partial charge in [-0.05, 0) is 71.5 Å². The Labute approximate surface area is 147 Å². The van der Waals surface area contributed by atoms with Crippen LogP contribution < -0.4 is 10.2 Å². The number of hydrogen-bond donors (Lipinski definition) is 1. The number of halogens is 2. The summed E-state index contributed by atoms with van der Waals surface area (Å²) in [6, 6.07) is 14.6. The fraction of sp³-hybridized carbons (Fsp3) is 0.125. The van der Waals surface area contributed by atoms with Crippen LogP contribution in [0.25, 0.3) is 0 Å². The van der Waals surface area contributed by atoms with E-state index in [0.29, 0.717) is 10.8 Å². The Morgan fingerprint density at radius 2 is 2.05 bits per heavy atom.